The molecule has 1 heterocycles. The van der Waals surface area contributed by atoms with Gasteiger partial charge < -0.3 is 15.0 Å². The maximum atomic E-state index is 13.1. The first kappa shape index (κ1) is 17.3. The average molecular weight is 330 g/mol. The minimum atomic E-state index is -4.48. The predicted molar refractivity (Wildman–Crippen MR) is 75.4 cm³/mol. The summed E-state index contributed by atoms with van der Waals surface area (Å²) in [5.41, 5.74) is -0.752. The number of ether oxygens (including phenoxy) is 1. The van der Waals surface area contributed by atoms with Gasteiger partial charge in [-0.05, 0) is 11.6 Å². The van der Waals surface area contributed by atoms with Crippen LogP contribution in [-0.4, -0.2) is 43.0 Å². The highest BCUT2D eigenvalue weighted by atomic mass is 19.4. The van der Waals surface area contributed by atoms with Crippen molar-refractivity contribution in [1.29, 1.82) is 0 Å². The van der Waals surface area contributed by atoms with Crippen LogP contribution in [0.1, 0.15) is 24.2 Å². The maximum absolute atomic E-state index is 13.1. The van der Waals surface area contributed by atoms with Gasteiger partial charge in [-0.1, -0.05) is 18.2 Å². The minimum absolute atomic E-state index is 0.0111. The molecule has 1 aromatic rings. The molecule has 1 atom stereocenters. The lowest BCUT2D eigenvalue weighted by Crippen LogP contribution is -2.46. The molecule has 1 fully saturated rings. The van der Waals surface area contributed by atoms with Crippen molar-refractivity contribution in [3.8, 4) is 0 Å². The summed E-state index contributed by atoms with van der Waals surface area (Å²) in [6.07, 6.45) is -5.33. The third kappa shape index (κ3) is 4.44. The van der Waals surface area contributed by atoms with Crippen LogP contribution in [0, 0.1) is 0 Å². The molecule has 1 aliphatic heterocycles. The number of carbonyl (C=O) groups is 2. The van der Waals surface area contributed by atoms with Crippen LogP contribution in [0.5, 0.6) is 0 Å². The number of hydrogen-bond donors (Lipinski definition) is 1. The van der Waals surface area contributed by atoms with Crippen molar-refractivity contribution in [3.63, 3.8) is 0 Å². The van der Waals surface area contributed by atoms with Gasteiger partial charge in [-0.3, -0.25) is 9.59 Å². The van der Waals surface area contributed by atoms with E-state index in [-0.39, 0.29) is 43.6 Å². The van der Waals surface area contributed by atoms with E-state index in [9.17, 15) is 22.8 Å². The molecule has 0 aromatic heterocycles. The monoisotopic (exact) mass is 330 g/mol. The van der Waals surface area contributed by atoms with E-state index in [0.29, 0.717) is 0 Å². The van der Waals surface area contributed by atoms with Crippen molar-refractivity contribution in [3.05, 3.63) is 35.4 Å². The van der Waals surface area contributed by atoms with Gasteiger partial charge in [0, 0.05) is 13.5 Å². The number of morpholine rings is 1. The molecule has 23 heavy (non-hydrogen) atoms. The molecule has 0 bridgehead atoms. The quantitative estimate of drug-likeness (QED) is 0.918. The lowest BCUT2D eigenvalue weighted by atomic mass is 10.0. The third-order valence-electron chi connectivity index (χ3n) is 3.52. The zero-order valence-corrected chi connectivity index (χ0v) is 12.5. The first-order chi connectivity index (χ1) is 10.8. The predicted octanol–water partition coefficient (Wildman–Crippen LogP) is 1.74. The van der Waals surface area contributed by atoms with Crippen molar-refractivity contribution in [2.45, 2.75) is 19.2 Å². The second-order valence-electron chi connectivity index (χ2n) is 5.19. The Kier molecular flexibility index (Phi) is 5.25. The first-order valence-corrected chi connectivity index (χ1v) is 7.09. The molecule has 2 rings (SSSR count). The van der Waals surface area contributed by atoms with Crippen molar-refractivity contribution in [2.75, 3.05) is 26.2 Å². The van der Waals surface area contributed by atoms with Gasteiger partial charge in [-0.25, -0.2) is 0 Å². The van der Waals surface area contributed by atoms with E-state index in [4.69, 9.17) is 4.74 Å². The Hall–Kier alpha value is -2.09. The first-order valence-electron chi connectivity index (χ1n) is 7.09. The van der Waals surface area contributed by atoms with Crippen molar-refractivity contribution in [2.24, 2.45) is 0 Å². The number of nitrogens with zero attached hydrogens (tertiary/aromatic N) is 1. The lowest BCUT2D eigenvalue weighted by molar-refractivity contribution is -0.143. The zero-order chi connectivity index (χ0) is 17.0. The average Bonchev–Trinajstić information content (AvgIpc) is 2.52. The lowest BCUT2D eigenvalue weighted by Gasteiger charge is -2.34. The highest BCUT2D eigenvalue weighted by molar-refractivity contribution is 5.83. The molecule has 126 valence electrons. The van der Waals surface area contributed by atoms with Gasteiger partial charge >= 0.3 is 6.18 Å². The van der Waals surface area contributed by atoms with Crippen molar-refractivity contribution in [1.82, 2.24) is 10.2 Å². The molecule has 0 spiro atoms. The molecule has 1 aromatic carbocycles. The Morgan fingerprint density at radius 3 is 2.70 bits per heavy atom. The summed E-state index contributed by atoms with van der Waals surface area (Å²) in [7, 11) is 0. The fourth-order valence-electron chi connectivity index (χ4n) is 2.41. The number of benzene rings is 1. The Morgan fingerprint density at radius 2 is 2.04 bits per heavy atom. The molecule has 0 saturated carbocycles. The van der Waals surface area contributed by atoms with Crippen LogP contribution in [-0.2, 0) is 20.5 Å². The molecule has 0 radical (unpaired) electrons. The Balaban J connectivity index is 2.13. The summed E-state index contributed by atoms with van der Waals surface area (Å²) in [4.78, 5) is 24.2. The summed E-state index contributed by atoms with van der Waals surface area (Å²) in [6.45, 7) is 1.55. The summed E-state index contributed by atoms with van der Waals surface area (Å²) >= 11 is 0. The number of nitrogens with one attached hydrogen (secondary N) is 1. The molecule has 8 heteroatoms. The van der Waals surface area contributed by atoms with E-state index in [0.717, 1.165) is 6.07 Å². The van der Waals surface area contributed by atoms with Gasteiger partial charge in [-0.15, -0.1) is 0 Å². The highest BCUT2D eigenvalue weighted by Crippen LogP contribution is 2.36. The van der Waals surface area contributed by atoms with Crippen LogP contribution in [0.25, 0.3) is 0 Å². The summed E-state index contributed by atoms with van der Waals surface area (Å²) in [6, 6.07) is 5.17. The molecule has 2 amide bonds. The fourth-order valence-corrected chi connectivity index (χ4v) is 2.41. The number of hydrogen-bond acceptors (Lipinski definition) is 3. The fraction of sp³-hybridized carbons (Fsp3) is 0.467. The van der Waals surface area contributed by atoms with Crippen molar-refractivity contribution < 1.29 is 27.5 Å². The molecule has 5 nitrogen and oxygen atoms in total. The van der Waals surface area contributed by atoms with Crippen LogP contribution in [0.2, 0.25) is 0 Å². The number of carbonyl (C=O) groups excluding carboxylic acids is 2. The minimum Gasteiger partial charge on any atom is -0.370 e. The van der Waals surface area contributed by atoms with Gasteiger partial charge in [0.25, 0.3) is 0 Å². The van der Waals surface area contributed by atoms with Crippen LogP contribution < -0.4 is 5.32 Å². The van der Waals surface area contributed by atoms with Crippen LogP contribution >= 0.6 is 0 Å². The van der Waals surface area contributed by atoms with Gasteiger partial charge in [-0.2, -0.15) is 13.2 Å². The van der Waals surface area contributed by atoms with E-state index in [1.54, 1.807) is 0 Å². The van der Waals surface area contributed by atoms with E-state index in [1.807, 2.05) is 0 Å². The second kappa shape index (κ2) is 6.99. The Labute approximate surface area is 131 Å². The topological polar surface area (TPSA) is 58.6 Å². The Morgan fingerprint density at radius 1 is 1.35 bits per heavy atom. The molecule has 0 aliphatic carbocycles. The smallest absolute Gasteiger partial charge is 0.370 e. The standard InChI is InChI=1S/C15H17F3N2O3/c1-10(21)19-8-14(22)20-6-7-23-13(9-20)11-4-2-3-5-12(11)15(16,17)18/h2-5,13H,6-9H2,1H3,(H,19,21)/t13-/m0/s1. The summed E-state index contributed by atoms with van der Waals surface area (Å²) in [5, 5.41) is 2.38. The number of halogens is 3. The zero-order valence-electron chi connectivity index (χ0n) is 12.5. The largest absolute Gasteiger partial charge is 0.416 e. The van der Waals surface area contributed by atoms with Gasteiger partial charge in [0.1, 0.15) is 6.10 Å². The molecule has 1 saturated heterocycles. The van der Waals surface area contributed by atoms with Crippen LogP contribution in [0.15, 0.2) is 24.3 Å². The number of rotatable bonds is 3. The highest BCUT2D eigenvalue weighted by Gasteiger charge is 2.36. The van der Waals surface area contributed by atoms with E-state index in [2.05, 4.69) is 5.32 Å². The van der Waals surface area contributed by atoms with Gasteiger partial charge in [0.15, 0.2) is 0 Å². The summed E-state index contributed by atoms with van der Waals surface area (Å²) < 4.78 is 44.7. The maximum Gasteiger partial charge on any atom is 0.416 e. The third-order valence-corrected chi connectivity index (χ3v) is 3.52. The van der Waals surface area contributed by atoms with Crippen LogP contribution in [0.3, 0.4) is 0 Å². The van der Waals surface area contributed by atoms with E-state index in [1.165, 1.54) is 30.0 Å². The molecule has 0 unspecified atom stereocenters. The van der Waals surface area contributed by atoms with E-state index >= 15 is 0 Å². The van der Waals surface area contributed by atoms with Gasteiger partial charge in [0.05, 0.1) is 25.3 Å². The Bertz CT molecular complexity index is 590. The van der Waals surface area contributed by atoms with Crippen molar-refractivity contribution >= 4 is 11.8 Å². The normalized spacial score (nSPS) is 18.6. The van der Waals surface area contributed by atoms with Crippen LogP contribution in [0.4, 0.5) is 13.2 Å². The van der Waals surface area contributed by atoms with E-state index < -0.39 is 17.8 Å². The van der Waals surface area contributed by atoms with Gasteiger partial charge in [0.2, 0.25) is 11.8 Å². The molecule has 1 N–H and O–H groups in total. The molecule has 1 aliphatic rings. The SMILES string of the molecule is CC(=O)NCC(=O)N1CCO[C@H](c2ccccc2C(F)(F)F)C1. The molecular weight excluding hydrogens is 313 g/mol. The summed E-state index contributed by atoms with van der Waals surface area (Å²) in [5.74, 6) is -0.691. The second-order valence-corrected chi connectivity index (χ2v) is 5.19. The number of amides is 2. The number of alkyl halides is 3. The molecular formula is C15H17F3N2O3.